The molecule has 1 rings (SSSR count). The minimum absolute atomic E-state index is 0.0260. The summed E-state index contributed by atoms with van der Waals surface area (Å²) in [5, 5.41) is 7.21. The number of methoxy groups -OCH3 is 1. The van der Waals surface area contributed by atoms with Gasteiger partial charge in [0, 0.05) is 24.8 Å². The fraction of sp³-hybridized carbons (Fsp3) is 0.385. The minimum Gasteiger partial charge on any atom is -0.383 e. The van der Waals surface area contributed by atoms with Gasteiger partial charge >= 0.3 is 0 Å². The Kier molecular flexibility index (Phi) is 6.47. The Morgan fingerprint density at radius 2 is 2.15 bits per heavy atom. The van der Waals surface area contributed by atoms with Gasteiger partial charge in [-0.25, -0.2) is 8.78 Å². The number of nitrogens with one attached hydrogen (secondary N) is 2. The van der Waals surface area contributed by atoms with E-state index in [0.29, 0.717) is 17.4 Å². The highest BCUT2D eigenvalue weighted by molar-refractivity contribution is 7.80. The minimum atomic E-state index is -0.667. The molecule has 110 valence electrons. The van der Waals surface area contributed by atoms with Gasteiger partial charge in [0.2, 0.25) is 0 Å². The van der Waals surface area contributed by atoms with Crippen molar-refractivity contribution in [1.29, 1.82) is 0 Å². The fourth-order valence-electron chi connectivity index (χ4n) is 1.53. The summed E-state index contributed by atoms with van der Waals surface area (Å²) in [7, 11) is 1.59. The van der Waals surface area contributed by atoms with Crippen molar-refractivity contribution >= 4 is 23.0 Å². The second-order valence-corrected chi connectivity index (χ2v) is 4.67. The average Bonchev–Trinajstić information content (AvgIpc) is 2.36. The van der Waals surface area contributed by atoms with Crippen LogP contribution in [0.3, 0.4) is 0 Å². The van der Waals surface area contributed by atoms with Gasteiger partial charge in [0.05, 0.1) is 12.3 Å². The standard InChI is InChI=1S/C13H17F2N3OS/c1-8(7-19-3)16-13(20)18-17-9(2)11-5-4-10(14)6-12(11)15/h4-6,8H,7H2,1-3H3,(H2,16,18,20)/b17-9-/t8-/m1/s1. The smallest absolute Gasteiger partial charge is 0.187 e. The molecule has 7 heteroatoms. The predicted molar refractivity (Wildman–Crippen MR) is 78.8 cm³/mol. The first kappa shape index (κ1) is 16.5. The van der Waals surface area contributed by atoms with Gasteiger partial charge in [-0.1, -0.05) is 0 Å². The molecule has 0 spiro atoms. The maximum absolute atomic E-state index is 13.5. The molecule has 0 aliphatic heterocycles. The van der Waals surface area contributed by atoms with Crippen LogP contribution in [0.1, 0.15) is 19.4 Å². The van der Waals surface area contributed by atoms with Crippen LogP contribution in [0, 0.1) is 11.6 Å². The predicted octanol–water partition coefficient (Wildman–Crippen LogP) is 2.19. The van der Waals surface area contributed by atoms with Gasteiger partial charge in [0.1, 0.15) is 11.6 Å². The van der Waals surface area contributed by atoms with E-state index in [1.54, 1.807) is 14.0 Å². The molecule has 1 aromatic rings. The molecule has 0 aromatic heterocycles. The van der Waals surface area contributed by atoms with Gasteiger partial charge in [-0.05, 0) is 38.2 Å². The largest absolute Gasteiger partial charge is 0.383 e. The highest BCUT2D eigenvalue weighted by atomic mass is 32.1. The first-order chi connectivity index (χ1) is 9.43. The Morgan fingerprint density at radius 3 is 2.75 bits per heavy atom. The molecule has 1 aromatic carbocycles. The van der Waals surface area contributed by atoms with Crippen LogP contribution >= 0.6 is 12.2 Å². The molecule has 0 fully saturated rings. The third-order valence-corrected chi connectivity index (χ3v) is 2.65. The Hall–Kier alpha value is -1.60. The highest BCUT2D eigenvalue weighted by Gasteiger charge is 2.07. The number of hydrogen-bond donors (Lipinski definition) is 2. The molecule has 0 amide bonds. The third kappa shape index (κ3) is 5.18. The molecular formula is C13H17F2N3OS. The number of ether oxygens (including phenoxy) is 1. The third-order valence-electron chi connectivity index (χ3n) is 2.44. The summed E-state index contributed by atoms with van der Waals surface area (Å²) in [5.74, 6) is -1.29. The van der Waals surface area contributed by atoms with Crippen LogP contribution < -0.4 is 10.7 Å². The van der Waals surface area contributed by atoms with E-state index >= 15 is 0 Å². The van der Waals surface area contributed by atoms with Crippen molar-refractivity contribution in [2.24, 2.45) is 5.10 Å². The summed E-state index contributed by atoms with van der Waals surface area (Å²) in [6.07, 6.45) is 0. The van der Waals surface area contributed by atoms with Crippen LogP contribution in [0.25, 0.3) is 0 Å². The van der Waals surface area contributed by atoms with E-state index in [2.05, 4.69) is 15.8 Å². The monoisotopic (exact) mass is 301 g/mol. The second-order valence-electron chi connectivity index (χ2n) is 4.26. The topological polar surface area (TPSA) is 45.6 Å². The zero-order chi connectivity index (χ0) is 15.1. The van der Waals surface area contributed by atoms with Crippen molar-refractivity contribution in [3.63, 3.8) is 0 Å². The van der Waals surface area contributed by atoms with Gasteiger partial charge in [0.15, 0.2) is 5.11 Å². The summed E-state index contributed by atoms with van der Waals surface area (Å²) in [4.78, 5) is 0. The average molecular weight is 301 g/mol. The summed E-state index contributed by atoms with van der Waals surface area (Å²) >= 11 is 5.03. The highest BCUT2D eigenvalue weighted by Crippen LogP contribution is 2.10. The Bertz CT molecular complexity index is 508. The summed E-state index contributed by atoms with van der Waals surface area (Å²) < 4.78 is 31.3. The number of rotatable bonds is 5. The van der Waals surface area contributed by atoms with Crippen LogP contribution in [-0.4, -0.2) is 30.6 Å². The molecule has 0 radical (unpaired) electrons. The summed E-state index contributed by atoms with van der Waals surface area (Å²) in [6, 6.07) is 3.34. The first-order valence-corrected chi connectivity index (χ1v) is 6.40. The molecule has 0 aliphatic rings. The lowest BCUT2D eigenvalue weighted by Gasteiger charge is -2.14. The van der Waals surface area contributed by atoms with Crippen LogP contribution in [0.5, 0.6) is 0 Å². The molecule has 0 aliphatic carbocycles. The number of nitrogens with zero attached hydrogens (tertiary/aromatic N) is 1. The summed E-state index contributed by atoms with van der Waals surface area (Å²) in [6.45, 7) is 4.00. The van der Waals surface area contributed by atoms with E-state index < -0.39 is 11.6 Å². The molecular weight excluding hydrogens is 284 g/mol. The van der Waals surface area contributed by atoms with Crippen molar-refractivity contribution < 1.29 is 13.5 Å². The lowest BCUT2D eigenvalue weighted by Crippen LogP contribution is -2.40. The van der Waals surface area contributed by atoms with E-state index in [0.717, 1.165) is 6.07 Å². The number of thiocarbonyl (C=S) groups is 1. The number of halogens is 2. The van der Waals surface area contributed by atoms with E-state index in [4.69, 9.17) is 17.0 Å². The molecule has 0 heterocycles. The van der Waals surface area contributed by atoms with Crippen LogP contribution in [0.2, 0.25) is 0 Å². The fourth-order valence-corrected chi connectivity index (χ4v) is 1.77. The zero-order valence-corrected chi connectivity index (χ0v) is 12.4. The molecule has 2 N–H and O–H groups in total. The van der Waals surface area contributed by atoms with Crippen LogP contribution in [0.4, 0.5) is 8.78 Å². The Labute approximate surface area is 122 Å². The quantitative estimate of drug-likeness (QED) is 0.497. The zero-order valence-electron chi connectivity index (χ0n) is 11.5. The Balaban J connectivity index is 2.63. The molecule has 0 bridgehead atoms. The van der Waals surface area contributed by atoms with Crippen molar-refractivity contribution in [2.75, 3.05) is 13.7 Å². The maximum Gasteiger partial charge on any atom is 0.187 e. The SMILES string of the molecule is COC[C@@H](C)NC(=S)N/N=C(/C)c1ccc(F)cc1F. The van der Waals surface area contributed by atoms with Crippen LogP contribution in [0.15, 0.2) is 23.3 Å². The number of hydrazone groups is 1. The van der Waals surface area contributed by atoms with Crippen molar-refractivity contribution in [3.05, 3.63) is 35.4 Å². The van der Waals surface area contributed by atoms with Crippen LogP contribution in [-0.2, 0) is 4.74 Å². The first-order valence-electron chi connectivity index (χ1n) is 5.99. The maximum atomic E-state index is 13.5. The van der Waals surface area contributed by atoms with Gasteiger partial charge in [0.25, 0.3) is 0 Å². The van der Waals surface area contributed by atoms with E-state index in [1.807, 2.05) is 6.92 Å². The number of hydrogen-bond acceptors (Lipinski definition) is 3. The molecule has 20 heavy (non-hydrogen) atoms. The van der Waals surface area contributed by atoms with Gasteiger partial charge in [-0.15, -0.1) is 0 Å². The van der Waals surface area contributed by atoms with Gasteiger partial charge < -0.3 is 10.1 Å². The van der Waals surface area contributed by atoms with Crippen molar-refractivity contribution in [2.45, 2.75) is 19.9 Å². The van der Waals surface area contributed by atoms with Crippen molar-refractivity contribution in [3.8, 4) is 0 Å². The van der Waals surface area contributed by atoms with E-state index in [1.165, 1.54) is 12.1 Å². The normalized spacial score (nSPS) is 12.9. The summed E-state index contributed by atoms with van der Waals surface area (Å²) in [5.41, 5.74) is 3.19. The molecule has 0 saturated heterocycles. The van der Waals surface area contributed by atoms with Crippen molar-refractivity contribution in [1.82, 2.24) is 10.7 Å². The molecule has 0 saturated carbocycles. The lowest BCUT2D eigenvalue weighted by atomic mass is 10.1. The lowest BCUT2D eigenvalue weighted by molar-refractivity contribution is 0.179. The van der Waals surface area contributed by atoms with E-state index in [9.17, 15) is 8.78 Å². The second kappa shape index (κ2) is 7.86. The Morgan fingerprint density at radius 1 is 1.45 bits per heavy atom. The molecule has 1 atom stereocenters. The number of benzene rings is 1. The molecule has 0 unspecified atom stereocenters. The molecule has 4 nitrogen and oxygen atoms in total. The van der Waals surface area contributed by atoms with Gasteiger partial charge in [-0.2, -0.15) is 5.10 Å². The van der Waals surface area contributed by atoms with E-state index in [-0.39, 0.29) is 11.6 Å². The van der Waals surface area contributed by atoms with Gasteiger partial charge in [-0.3, -0.25) is 5.43 Å².